The highest BCUT2D eigenvalue weighted by Crippen LogP contribution is 2.17. The molecule has 0 unspecified atom stereocenters. The van der Waals surface area contributed by atoms with Crippen LogP contribution in [0, 0.1) is 24.1 Å². The predicted molar refractivity (Wildman–Crippen MR) is 53.6 cm³/mol. The zero-order valence-electron chi connectivity index (χ0n) is 8.67. The van der Waals surface area contributed by atoms with Crippen molar-refractivity contribution >= 4 is 0 Å². The van der Waals surface area contributed by atoms with E-state index in [1.165, 1.54) is 18.2 Å². The molecule has 0 aliphatic heterocycles. The van der Waals surface area contributed by atoms with E-state index in [0.29, 0.717) is 11.3 Å². The first kappa shape index (κ1) is 12.4. The Morgan fingerprint density at radius 3 is 2.57 bits per heavy atom. The van der Waals surface area contributed by atoms with Gasteiger partial charge in [-0.2, -0.15) is 5.26 Å². The van der Waals surface area contributed by atoms with Crippen LogP contribution in [-0.2, 0) is 0 Å². The third-order valence-electron chi connectivity index (χ3n) is 1.43. The predicted octanol–water partition coefficient (Wildman–Crippen LogP) is 3.06. The van der Waals surface area contributed by atoms with Gasteiger partial charge >= 0.3 is 0 Å². The summed E-state index contributed by atoms with van der Waals surface area (Å²) in [6.07, 6.45) is 0. The van der Waals surface area contributed by atoms with Crippen LogP contribution in [0.15, 0.2) is 18.2 Å². The van der Waals surface area contributed by atoms with Crippen molar-refractivity contribution in [1.82, 2.24) is 0 Å². The summed E-state index contributed by atoms with van der Waals surface area (Å²) in [7, 11) is 0. The van der Waals surface area contributed by atoms with Gasteiger partial charge in [-0.05, 0) is 30.7 Å². The van der Waals surface area contributed by atoms with E-state index >= 15 is 0 Å². The molecule has 1 rings (SSSR count). The second-order valence-electron chi connectivity index (χ2n) is 2.36. The summed E-state index contributed by atoms with van der Waals surface area (Å²) in [5, 5.41) is 8.22. The third kappa shape index (κ3) is 3.90. The van der Waals surface area contributed by atoms with Crippen LogP contribution in [0.4, 0.5) is 4.39 Å². The molecule has 0 aromatic heterocycles. The number of hydrogen-bond acceptors (Lipinski definition) is 2. The van der Waals surface area contributed by atoms with Gasteiger partial charge < -0.3 is 4.74 Å². The quantitative estimate of drug-likeness (QED) is 0.726. The summed E-state index contributed by atoms with van der Waals surface area (Å²) in [5.74, 6) is 0.259. The maximum atomic E-state index is 12.5. The Bertz CT molecular complexity index is 318. The zero-order valence-corrected chi connectivity index (χ0v) is 8.67. The lowest BCUT2D eigenvalue weighted by molar-refractivity contribution is 0.364. The maximum absolute atomic E-state index is 12.5. The fraction of sp³-hybridized carbons (Fsp3) is 0.364. The molecule has 0 amide bonds. The van der Waals surface area contributed by atoms with Gasteiger partial charge in [0.1, 0.15) is 17.6 Å². The van der Waals surface area contributed by atoms with Crippen LogP contribution in [0.5, 0.6) is 5.75 Å². The van der Waals surface area contributed by atoms with Gasteiger partial charge in [-0.15, -0.1) is 0 Å². The molecule has 76 valence electrons. The molecule has 3 heteroatoms. The minimum Gasteiger partial charge on any atom is -0.478 e. The first-order valence-corrected chi connectivity index (χ1v) is 4.50. The molecule has 0 radical (unpaired) electrons. The van der Waals surface area contributed by atoms with Crippen LogP contribution in [0.3, 0.4) is 0 Å². The number of benzene rings is 1. The Labute approximate surface area is 83.9 Å². The van der Waals surface area contributed by atoms with Crippen LogP contribution in [0.1, 0.15) is 19.4 Å². The van der Waals surface area contributed by atoms with Gasteiger partial charge in [0.2, 0.25) is 0 Å². The summed E-state index contributed by atoms with van der Waals surface area (Å²) in [5.41, 5.74) is 0.699. The van der Waals surface area contributed by atoms with Crippen LogP contribution in [-0.4, -0.2) is 6.61 Å². The fourth-order valence-corrected chi connectivity index (χ4v) is 0.885. The van der Waals surface area contributed by atoms with Gasteiger partial charge in [-0.25, -0.2) is 4.39 Å². The first-order chi connectivity index (χ1) is 6.74. The molecule has 1 aromatic rings. The summed E-state index contributed by atoms with van der Waals surface area (Å²) in [6, 6.07) is 6.03. The van der Waals surface area contributed by atoms with Gasteiger partial charge in [0, 0.05) is 0 Å². The molecule has 0 fully saturated rings. The summed E-state index contributed by atoms with van der Waals surface area (Å²) < 4.78 is 17.6. The summed E-state index contributed by atoms with van der Waals surface area (Å²) >= 11 is 0. The molecule has 0 spiro atoms. The van der Waals surface area contributed by atoms with Crippen molar-refractivity contribution in [3.8, 4) is 11.8 Å². The summed E-state index contributed by atoms with van der Waals surface area (Å²) in [6.45, 7) is 5.72. The molecule has 0 saturated carbocycles. The largest absolute Gasteiger partial charge is 0.478 e. The number of ether oxygens (including phenoxy) is 1. The second kappa shape index (κ2) is 6.90. The van der Waals surface area contributed by atoms with Gasteiger partial charge in [0.25, 0.3) is 0 Å². The van der Waals surface area contributed by atoms with Crippen LogP contribution in [0.2, 0.25) is 0 Å². The summed E-state index contributed by atoms with van der Waals surface area (Å²) in [4.78, 5) is 0. The van der Waals surface area contributed by atoms with Gasteiger partial charge in [0.05, 0.1) is 0 Å². The minimum absolute atomic E-state index is 0.00747. The highest BCUT2D eigenvalue weighted by molar-refractivity contribution is 5.32. The Morgan fingerprint density at radius 2 is 2.07 bits per heavy atom. The van der Waals surface area contributed by atoms with E-state index in [2.05, 4.69) is 0 Å². The molecule has 0 aliphatic rings. The highest BCUT2D eigenvalue weighted by atomic mass is 19.1. The topological polar surface area (TPSA) is 33.0 Å². The SMILES string of the molecule is CC.Cc1cc(F)ccc1OCC#N. The van der Waals surface area contributed by atoms with Crippen molar-refractivity contribution in [2.45, 2.75) is 20.8 Å². The lowest BCUT2D eigenvalue weighted by Crippen LogP contribution is -1.95. The maximum Gasteiger partial charge on any atom is 0.174 e. The molecule has 1 aromatic carbocycles. The van der Waals surface area contributed by atoms with Gasteiger partial charge in [-0.3, -0.25) is 0 Å². The van der Waals surface area contributed by atoms with Crippen LogP contribution < -0.4 is 4.74 Å². The molecule has 14 heavy (non-hydrogen) atoms. The van der Waals surface area contributed by atoms with E-state index < -0.39 is 0 Å². The molecule has 2 nitrogen and oxygen atoms in total. The number of rotatable bonds is 2. The molecule has 0 atom stereocenters. The second-order valence-corrected chi connectivity index (χ2v) is 2.36. The molecular weight excluding hydrogens is 181 g/mol. The molecule has 0 heterocycles. The Balaban J connectivity index is 0.000000791. The number of nitrogens with zero attached hydrogens (tertiary/aromatic N) is 1. The smallest absolute Gasteiger partial charge is 0.174 e. The lowest BCUT2D eigenvalue weighted by atomic mass is 10.2. The molecule has 0 N–H and O–H groups in total. The highest BCUT2D eigenvalue weighted by Gasteiger charge is 1.99. The number of nitriles is 1. The fourth-order valence-electron chi connectivity index (χ4n) is 0.885. The van der Waals surface area contributed by atoms with Crippen molar-refractivity contribution in [2.24, 2.45) is 0 Å². The van der Waals surface area contributed by atoms with Crippen molar-refractivity contribution in [2.75, 3.05) is 6.61 Å². The van der Waals surface area contributed by atoms with E-state index in [1.54, 1.807) is 6.92 Å². The molecule has 0 aliphatic carbocycles. The van der Waals surface area contributed by atoms with Crippen molar-refractivity contribution in [3.05, 3.63) is 29.6 Å². The van der Waals surface area contributed by atoms with Crippen molar-refractivity contribution < 1.29 is 9.13 Å². The molecular formula is C11H14FNO. The Kier molecular flexibility index (Phi) is 6.13. The monoisotopic (exact) mass is 195 g/mol. The van der Waals surface area contributed by atoms with Crippen molar-refractivity contribution in [3.63, 3.8) is 0 Å². The third-order valence-corrected chi connectivity index (χ3v) is 1.43. The average molecular weight is 195 g/mol. The van der Waals surface area contributed by atoms with Crippen LogP contribution >= 0.6 is 0 Å². The average Bonchev–Trinajstić information content (AvgIpc) is 2.20. The Morgan fingerprint density at radius 1 is 1.43 bits per heavy atom. The van der Waals surface area contributed by atoms with E-state index in [1.807, 2.05) is 19.9 Å². The van der Waals surface area contributed by atoms with E-state index in [-0.39, 0.29) is 12.4 Å². The Hall–Kier alpha value is -1.56. The normalized spacial score (nSPS) is 8.21. The first-order valence-electron chi connectivity index (χ1n) is 4.50. The number of aryl methyl sites for hydroxylation is 1. The van der Waals surface area contributed by atoms with Gasteiger partial charge in [0.15, 0.2) is 6.61 Å². The number of hydrogen-bond donors (Lipinski definition) is 0. The lowest BCUT2D eigenvalue weighted by Gasteiger charge is -2.04. The minimum atomic E-state index is -0.295. The van der Waals surface area contributed by atoms with E-state index in [9.17, 15) is 4.39 Å². The number of halogens is 1. The zero-order chi connectivity index (χ0) is 11.0. The van der Waals surface area contributed by atoms with E-state index in [0.717, 1.165) is 0 Å². The van der Waals surface area contributed by atoms with Gasteiger partial charge in [-0.1, -0.05) is 13.8 Å². The standard InChI is InChI=1S/C9H8FNO.C2H6/c1-7-6-8(10)2-3-9(7)12-5-4-11;1-2/h2-3,6H,5H2,1H3;1-2H3. The molecule has 0 saturated heterocycles. The van der Waals surface area contributed by atoms with E-state index in [4.69, 9.17) is 10.00 Å². The molecule has 0 bridgehead atoms. The van der Waals surface area contributed by atoms with Crippen molar-refractivity contribution in [1.29, 1.82) is 5.26 Å². The van der Waals surface area contributed by atoms with Crippen LogP contribution in [0.25, 0.3) is 0 Å².